The largest absolute Gasteiger partial charge is 0.488 e. The van der Waals surface area contributed by atoms with Gasteiger partial charge in [0, 0.05) is 0 Å². The lowest BCUT2D eigenvalue weighted by Gasteiger charge is -2.32. The van der Waals surface area contributed by atoms with Gasteiger partial charge in [0.1, 0.15) is 0 Å². The Labute approximate surface area is 124 Å². The van der Waals surface area contributed by atoms with Gasteiger partial charge < -0.3 is 18.6 Å². The summed E-state index contributed by atoms with van der Waals surface area (Å²) in [5.41, 5.74) is -0.707. The third-order valence-corrected chi connectivity index (χ3v) is 4.71. The van der Waals surface area contributed by atoms with Crippen molar-refractivity contribution >= 4 is 14.0 Å². The quantitative estimate of drug-likeness (QED) is 0.746. The van der Waals surface area contributed by atoms with Crippen LogP contribution >= 0.6 is 0 Å². The van der Waals surface area contributed by atoms with Gasteiger partial charge in [0.05, 0.1) is 23.4 Å². The summed E-state index contributed by atoms with van der Waals surface area (Å²) < 4.78 is 24.3. The normalized spacial score (nSPS) is 32.7. The standard InChI is InChI=1S/C14H28B2O4/c1-9(2)11-12(10(3)4)18-15(17-11)16-19-13(5,6)14(7,8)20-16/h9-12H,1-8H3. The second kappa shape index (κ2) is 5.31. The summed E-state index contributed by atoms with van der Waals surface area (Å²) in [7, 11) is -0.888. The van der Waals surface area contributed by atoms with Crippen molar-refractivity contribution in [1.82, 2.24) is 0 Å². The Balaban J connectivity index is 2.09. The number of rotatable bonds is 3. The summed E-state index contributed by atoms with van der Waals surface area (Å²) in [5, 5.41) is 0. The molecule has 0 aromatic carbocycles. The second-order valence-corrected chi connectivity index (χ2v) is 7.68. The van der Waals surface area contributed by atoms with Crippen LogP contribution in [0.1, 0.15) is 55.4 Å². The average Bonchev–Trinajstić information content (AvgIpc) is 2.79. The Hall–Kier alpha value is -0.0301. The van der Waals surface area contributed by atoms with Crippen LogP contribution in [0.25, 0.3) is 0 Å². The fourth-order valence-corrected chi connectivity index (χ4v) is 2.70. The zero-order chi connectivity index (χ0) is 15.3. The molecule has 2 unspecified atom stereocenters. The first-order valence-electron chi connectivity index (χ1n) is 7.72. The van der Waals surface area contributed by atoms with E-state index in [1.54, 1.807) is 0 Å². The van der Waals surface area contributed by atoms with Gasteiger partial charge >= 0.3 is 14.0 Å². The summed E-state index contributed by atoms with van der Waals surface area (Å²) >= 11 is 0. The first kappa shape index (κ1) is 16.3. The minimum atomic E-state index is -0.454. The van der Waals surface area contributed by atoms with E-state index >= 15 is 0 Å². The summed E-state index contributed by atoms with van der Waals surface area (Å²) in [6.45, 7) is 16.8. The van der Waals surface area contributed by atoms with Gasteiger partial charge in [-0.25, -0.2) is 0 Å². The second-order valence-electron chi connectivity index (χ2n) is 7.68. The first-order valence-corrected chi connectivity index (χ1v) is 7.72. The van der Waals surface area contributed by atoms with Crippen molar-refractivity contribution in [1.29, 1.82) is 0 Å². The average molecular weight is 282 g/mol. The van der Waals surface area contributed by atoms with Crippen LogP contribution in [0, 0.1) is 11.8 Å². The molecule has 2 atom stereocenters. The fourth-order valence-electron chi connectivity index (χ4n) is 2.70. The maximum Gasteiger partial charge on any atom is 0.488 e. The lowest BCUT2D eigenvalue weighted by Crippen LogP contribution is -2.41. The van der Waals surface area contributed by atoms with Crippen molar-refractivity contribution in [2.24, 2.45) is 11.8 Å². The highest BCUT2D eigenvalue weighted by atomic mass is 16.7. The highest BCUT2D eigenvalue weighted by Crippen LogP contribution is 2.39. The van der Waals surface area contributed by atoms with Crippen LogP contribution in [0.4, 0.5) is 0 Å². The first-order chi connectivity index (χ1) is 9.05. The van der Waals surface area contributed by atoms with E-state index in [1.807, 2.05) is 27.7 Å². The van der Waals surface area contributed by atoms with E-state index in [1.165, 1.54) is 0 Å². The molecule has 2 aliphatic heterocycles. The maximum atomic E-state index is 6.10. The highest BCUT2D eigenvalue weighted by molar-refractivity contribution is 7.11. The van der Waals surface area contributed by atoms with Gasteiger partial charge in [-0.3, -0.25) is 0 Å². The van der Waals surface area contributed by atoms with Crippen molar-refractivity contribution < 1.29 is 18.6 Å². The van der Waals surface area contributed by atoms with Crippen LogP contribution in [-0.2, 0) is 18.6 Å². The van der Waals surface area contributed by atoms with Crippen molar-refractivity contribution in [3.8, 4) is 0 Å². The minimum Gasteiger partial charge on any atom is -0.408 e. The molecule has 0 radical (unpaired) electrons. The number of hydrogen-bond acceptors (Lipinski definition) is 4. The molecule has 0 aliphatic carbocycles. The minimum absolute atomic E-state index is 0.0963. The third kappa shape index (κ3) is 2.80. The molecule has 20 heavy (non-hydrogen) atoms. The molecule has 6 heteroatoms. The maximum absolute atomic E-state index is 6.10. The van der Waals surface area contributed by atoms with Gasteiger partial charge in [-0.2, -0.15) is 0 Å². The molecule has 2 fully saturated rings. The van der Waals surface area contributed by atoms with Crippen molar-refractivity contribution in [2.75, 3.05) is 0 Å². The molecule has 0 N–H and O–H groups in total. The van der Waals surface area contributed by atoms with Gasteiger partial charge in [0.25, 0.3) is 0 Å². The summed E-state index contributed by atoms with van der Waals surface area (Å²) in [6.07, 6.45) is 0.193. The van der Waals surface area contributed by atoms with Gasteiger partial charge in [-0.15, -0.1) is 0 Å². The predicted octanol–water partition coefficient (Wildman–Crippen LogP) is 2.74. The van der Waals surface area contributed by atoms with Crippen molar-refractivity contribution in [3.63, 3.8) is 0 Å². The molecule has 2 aliphatic rings. The van der Waals surface area contributed by atoms with Gasteiger partial charge in [0.15, 0.2) is 0 Å². The summed E-state index contributed by atoms with van der Waals surface area (Å²) in [6, 6.07) is 0. The third-order valence-electron chi connectivity index (χ3n) is 4.71. The van der Waals surface area contributed by atoms with Crippen LogP contribution in [0.2, 0.25) is 0 Å². The van der Waals surface area contributed by atoms with Gasteiger partial charge in [0.2, 0.25) is 0 Å². The molecule has 0 aromatic rings. The Kier molecular flexibility index (Phi) is 4.34. The molecule has 0 bridgehead atoms. The monoisotopic (exact) mass is 282 g/mol. The number of hydrogen-bond donors (Lipinski definition) is 0. The van der Waals surface area contributed by atoms with Crippen LogP contribution in [-0.4, -0.2) is 37.4 Å². The Morgan fingerprint density at radius 1 is 0.700 bits per heavy atom. The van der Waals surface area contributed by atoms with E-state index in [0.717, 1.165) is 0 Å². The topological polar surface area (TPSA) is 36.9 Å². The lowest BCUT2D eigenvalue weighted by atomic mass is 9.49. The fraction of sp³-hybridized carbons (Fsp3) is 1.00. The smallest absolute Gasteiger partial charge is 0.408 e. The van der Waals surface area contributed by atoms with Crippen LogP contribution in [0.15, 0.2) is 0 Å². The van der Waals surface area contributed by atoms with E-state index in [-0.39, 0.29) is 23.4 Å². The molecule has 0 spiro atoms. The molecule has 0 aromatic heterocycles. The summed E-state index contributed by atoms with van der Waals surface area (Å²) in [5.74, 6) is 0.824. The van der Waals surface area contributed by atoms with E-state index in [9.17, 15) is 0 Å². The van der Waals surface area contributed by atoms with E-state index < -0.39 is 14.0 Å². The molecule has 2 rings (SSSR count). The van der Waals surface area contributed by atoms with E-state index in [0.29, 0.717) is 11.8 Å². The predicted molar refractivity (Wildman–Crippen MR) is 81.3 cm³/mol. The highest BCUT2D eigenvalue weighted by Gasteiger charge is 2.60. The van der Waals surface area contributed by atoms with Gasteiger partial charge in [-0.1, -0.05) is 27.7 Å². The zero-order valence-corrected chi connectivity index (χ0v) is 14.1. The van der Waals surface area contributed by atoms with Crippen LogP contribution in [0.5, 0.6) is 0 Å². The van der Waals surface area contributed by atoms with Gasteiger partial charge in [-0.05, 0) is 39.5 Å². The molecule has 2 heterocycles. The summed E-state index contributed by atoms with van der Waals surface area (Å²) in [4.78, 5) is 0. The van der Waals surface area contributed by atoms with E-state index in [2.05, 4.69) is 27.7 Å². The zero-order valence-electron chi connectivity index (χ0n) is 14.1. The Morgan fingerprint density at radius 2 is 1.05 bits per heavy atom. The van der Waals surface area contributed by atoms with Crippen molar-refractivity contribution in [2.45, 2.75) is 78.8 Å². The molecule has 0 saturated carbocycles. The molecule has 4 nitrogen and oxygen atoms in total. The molecule has 114 valence electrons. The Morgan fingerprint density at radius 3 is 1.35 bits per heavy atom. The van der Waals surface area contributed by atoms with Crippen molar-refractivity contribution in [3.05, 3.63) is 0 Å². The SMILES string of the molecule is CC(C)C1OB(B2OC(C)(C)C(C)(C)O2)OC1C(C)C. The molecular formula is C14H28B2O4. The van der Waals surface area contributed by atoms with Crippen LogP contribution in [0.3, 0.4) is 0 Å². The van der Waals surface area contributed by atoms with E-state index in [4.69, 9.17) is 18.6 Å². The molecule has 0 amide bonds. The molecular weight excluding hydrogens is 254 g/mol. The lowest BCUT2D eigenvalue weighted by molar-refractivity contribution is 0.00578. The molecule has 2 saturated heterocycles. The van der Waals surface area contributed by atoms with Crippen LogP contribution < -0.4 is 0 Å². The Bertz CT molecular complexity index is 325.